The van der Waals surface area contributed by atoms with E-state index in [1.807, 2.05) is 0 Å². The maximum atomic E-state index is 5.87. The van der Waals surface area contributed by atoms with Crippen LogP contribution >= 0.6 is 12.4 Å². The zero-order chi connectivity index (χ0) is 9.90. The number of rotatable bonds is 2. The Labute approximate surface area is 92.9 Å². The Morgan fingerprint density at radius 2 is 1.71 bits per heavy atom. The molecule has 0 radical (unpaired) electrons. The van der Waals surface area contributed by atoms with Gasteiger partial charge in [-0.2, -0.15) is 0 Å². The summed E-state index contributed by atoms with van der Waals surface area (Å²) in [4.78, 5) is 0. The molecule has 1 heterocycles. The van der Waals surface area contributed by atoms with Crippen molar-refractivity contribution in [1.82, 2.24) is 5.32 Å². The molecule has 3 nitrogen and oxygen atoms in total. The second kappa shape index (κ2) is 5.91. The molecule has 2 atom stereocenters. The van der Waals surface area contributed by atoms with E-state index in [9.17, 15) is 0 Å². The smallest absolute Gasteiger partial charge is 0.0731 e. The molecule has 0 amide bonds. The van der Waals surface area contributed by atoms with Crippen LogP contribution in [0.4, 0.5) is 0 Å². The summed E-state index contributed by atoms with van der Waals surface area (Å²) in [5.41, 5.74) is -0.0536. The molecule has 0 unspecified atom stereocenters. The molecule has 0 aliphatic carbocycles. The minimum Gasteiger partial charge on any atom is -0.380 e. The molecular formula is C10H22ClNO2. The van der Waals surface area contributed by atoms with Crippen LogP contribution in [0, 0.1) is 0 Å². The van der Waals surface area contributed by atoms with Gasteiger partial charge < -0.3 is 14.8 Å². The molecule has 0 saturated carbocycles. The van der Waals surface area contributed by atoms with Gasteiger partial charge in [0.05, 0.1) is 17.8 Å². The fraction of sp³-hybridized carbons (Fsp3) is 1.00. The van der Waals surface area contributed by atoms with Crippen LogP contribution < -0.4 is 5.32 Å². The highest BCUT2D eigenvalue weighted by atomic mass is 35.5. The van der Waals surface area contributed by atoms with Crippen LogP contribution in [0.2, 0.25) is 0 Å². The first-order chi connectivity index (χ1) is 6.01. The van der Waals surface area contributed by atoms with Crippen LogP contribution in [0.5, 0.6) is 0 Å². The standard InChI is InChI=1S/C10H21NO2.ClH/c1-10(2,3)13-9-5-8(12-4)6-11-7-9;/h8-9,11H,5-7H2,1-4H3;1H/t8-,9-;/m0./s1. The van der Waals surface area contributed by atoms with Crippen molar-refractivity contribution in [2.75, 3.05) is 20.2 Å². The van der Waals surface area contributed by atoms with Gasteiger partial charge >= 0.3 is 0 Å². The first-order valence-corrected chi connectivity index (χ1v) is 4.92. The third-order valence-electron chi connectivity index (χ3n) is 2.12. The first-order valence-electron chi connectivity index (χ1n) is 4.92. The maximum absolute atomic E-state index is 5.87. The molecule has 0 aromatic rings. The predicted octanol–water partition coefficient (Wildman–Crippen LogP) is 1.60. The number of ether oxygens (including phenoxy) is 2. The molecule has 1 aliphatic rings. The highest BCUT2D eigenvalue weighted by Gasteiger charge is 2.25. The van der Waals surface area contributed by atoms with Gasteiger partial charge in [0, 0.05) is 26.6 Å². The second-order valence-electron chi connectivity index (χ2n) is 4.60. The number of hydrogen-bond donors (Lipinski definition) is 1. The number of methoxy groups -OCH3 is 1. The van der Waals surface area contributed by atoms with Gasteiger partial charge in [0.25, 0.3) is 0 Å². The van der Waals surface area contributed by atoms with Crippen molar-refractivity contribution < 1.29 is 9.47 Å². The highest BCUT2D eigenvalue weighted by molar-refractivity contribution is 5.85. The summed E-state index contributed by atoms with van der Waals surface area (Å²) >= 11 is 0. The fourth-order valence-corrected chi connectivity index (χ4v) is 1.63. The zero-order valence-electron chi connectivity index (χ0n) is 9.50. The lowest BCUT2D eigenvalue weighted by molar-refractivity contribution is -0.0901. The fourth-order valence-electron chi connectivity index (χ4n) is 1.63. The molecule has 1 fully saturated rings. The molecule has 0 aromatic carbocycles. The number of halogens is 1. The molecule has 86 valence electrons. The minimum absolute atomic E-state index is 0. The van der Waals surface area contributed by atoms with Gasteiger partial charge in [-0.1, -0.05) is 0 Å². The Morgan fingerprint density at radius 3 is 2.21 bits per heavy atom. The van der Waals surface area contributed by atoms with E-state index in [-0.39, 0.29) is 18.0 Å². The SMILES string of the molecule is CO[C@@H]1CNC[C@@H](OC(C)(C)C)C1.Cl. The van der Waals surface area contributed by atoms with Crippen LogP contribution in [0.3, 0.4) is 0 Å². The molecule has 1 saturated heterocycles. The van der Waals surface area contributed by atoms with Crippen LogP contribution in [0.15, 0.2) is 0 Å². The average molecular weight is 224 g/mol. The average Bonchev–Trinajstić information content (AvgIpc) is 2.01. The molecular weight excluding hydrogens is 202 g/mol. The molecule has 0 bridgehead atoms. The zero-order valence-corrected chi connectivity index (χ0v) is 10.3. The molecule has 1 N–H and O–H groups in total. The first kappa shape index (κ1) is 14.2. The Hall–Kier alpha value is 0.170. The van der Waals surface area contributed by atoms with E-state index in [1.165, 1.54) is 0 Å². The van der Waals surface area contributed by atoms with E-state index in [2.05, 4.69) is 26.1 Å². The molecule has 14 heavy (non-hydrogen) atoms. The van der Waals surface area contributed by atoms with E-state index in [0.29, 0.717) is 12.2 Å². The van der Waals surface area contributed by atoms with Crippen LogP contribution in [0.1, 0.15) is 27.2 Å². The largest absolute Gasteiger partial charge is 0.380 e. The Kier molecular flexibility index (Phi) is 5.98. The predicted molar refractivity (Wildman–Crippen MR) is 60.2 cm³/mol. The summed E-state index contributed by atoms with van der Waals surface area (Å²) in [6.45, 7) is 8.15. The van der Waals surface area contributed by atoms with Gasteiger partial charge in [0.2, 0.25) is 0 Å². The topological polar surface area (TPSA) is 30.5 Å². The third kappa shape index (κ3) is 5.15. The lowest BCUT2D eigenvalue weighted by atomic mass is 10.1. The van der Waals surface area contributed by atoms with Crippen molar-refractivity contribution in [1.29, 1.82) is 0 Å². The quantitative estimate of drug-likeness (QED) is 0.772. The van der Waals surface area contributed by atoms with E-state index in [0.717, 1.165) is 19.5 Å². The second-order valence-corrected chi connectivity index (χ2v) is 4.60. The van der Waals surface area contributed by atoms with Crippen molar-refractivity contribution in [2.24, 2.45) is 0 Å². The summed E-state index contributed by atoms with van der Waals surface area (Å²) in [7, 11) is 1.76. The summed E-state index contributed by atoms with van der Waals surface area (Å²) in [6.07, 6.45) is 1.60. The monoisotopic (exact) mass is 223 g/mol. The molecule has 1 rings (SSSR count). The molecule has 0 aromatic heterocycles. The number of piperidine rings is 1. The number of nitrogens with one attached hydrogen (secondary N) is 1. The summed E-state index contributed by atoms with van der Waals surface area (Å²) in [6, 6.07) is 0. The summed E-state index contributed by atoms with van der Waals surface area (Å²) in [5.74, 6) is 0. The Balaban J connectivity index is 0.00000169. The molecule has 4 heteroatoms. The lowest BCUT2D eigenvalue weighted by Gasteiger charge is -2.33. The maximum Gasteiger partial charge on any atom is 0.0731 e. The van der Waals surface area contributed by atoms with Gasteiger partial charge in [-0.15, -0.1) is 12.4 Å². The Bertz CT molecular complexity index is 159. The highest BCUT2D eigenvalue weighted by Crippen LogP contribution is 2.17. The van der Waals surface area contributed by atoms with Gasteiger partial charge in [-0.25, -0.2) is 0 Å². The third-order valence-corrected chi connectivity index (χ3v) is 2.12. The van der Waals surface area contributed by atoms with Crippen molar-refractivity contribution in [2.45, 2.75) is 45.0 Å². The van der Waals surface area contributed by atoms with Crippen molar-refractivity contribution >= 4 is 12.4 Å². The van der Waals surface area contributed by atoms with Crippen molar-refractivity contribution in [3.05, 3.63) is 0 Å². The molecule has 1 aliphatic heterocycles. The van der Waals surface area contributed by atoms with Crippen molar-refractivity contribution in [3.8, 4) is 0 Å². The van der Waals surface area contributed by atoms with Crippen LogP contribution in [-0.2, 0) is 9.47 Å². The van der Waals surface area contributed by atoms with E-state index in [1.54, 1.807) is 7.11 Å². The Morgan fingerprint density at radius 1 is 1.14 bits per heavy atom. The summed E-state index contributed by atoms with van der Waals surface area (Å²) in [5, 5.41) is 3.31. The van der Waals surface area contributed by atoms with Crippen LogP contribution in [0.25, 0.3) is 0 Å². The van der Waals surface area contributed by atoms with E-state index in [4.69, 9.17) is 9.47 Å². The van der Waals surface area contributed by atoms with Gasteiger partial charge in [0.15, 0.2) is 0 Å². The van der Waals surface area contributed by atoms with Crippen molar-refractivity contribution in [3.63, 3.8) is 0 Å². The van der Waals surface area contributed by atoms with Crippen LogP contribution in [-0.4, -0.2) is 38.0 Å². The number of hydrogen-bond acceptors (Lipinski definition) is 3. The van der Waals surface area contributed by atoms with Gasteiger partial charge in [-0.3, -0.25) is 0 Å². The van der Waals surface area contributed by atoms with E-state index < -0.39 is 0 Å². The van der Waals surface area contributed by atoms with Gasteiger partial charge in [0.1, 0.15) is 0 Å². The normalized spacial score (nSPS) is 28.3. The van der Waals surface area contributed by atoms with E-state index >= 15 is 0 Å². The minimum atomic E-state index is -0.0536. The van der Waals surface area contributed by atoms with Gasteiger partial charge in [-0.05, 0) is 20.8 Å². The lowest BCUT2D eigenvalue weighted by Crippen LogP contribution is -2.46. The molecule has 0 spiro atoms. The summed E-state index contributed by atoms with van der Waals surface area (Å²) < 4.78 is 11.2.